The van der Waals surface area contributed by atoms with Crippen molar-refractivity contribution >= 4 is 24.2 Å². The summed E-state index contributed by atoms with van der Waals surface area (Å²) >= 11 is 6.34. The first-order valence-electron chi connectivity index (χ1n) is 6.94. The lowest BCUT2D eigenvalue weighted by molar-refractivity contribution is 0.00578. The van der Waals surface area contributed by atoms with E-state index in [9.17, 15) is 0 Å². The van der Waals surface area contributed by atoms with E-state index < -0.39 is 7.12 Å². The molecule has 0 bridgehead atoms. The van der Waals surface area contributed by atoms with Crippen LogP contribution in [0.1, 0.15) is 41.5 Å². The largest absolute Gasteiger partial charge is 0.496 e. The van der Waals surface area contributed by atoms with Gasteiger partial charge < -0.3 is 14.0 Å². The van der Waals surface area contributed by atoms with Gasteiger partial charge in [-0.05, 0) is 53.7 Å². The van der Waals surface area contributed by atoms with Gasteiger partial charge in [0, 0.05) is 10.5 Å². The molecule has 0 saturated carbocycles. The molecule has 2 rings (SSSR count). The van der Waals surface area contributed by atoms with Crippen LogP contribution in [0.4, 0.5) is 0 Å². The molecule has 1 fully saturated rings. The van der Waals surface area contributed by atoms with Gasteiger partial charge >= 0.3 is 7.12 Å². The molecule has 110 valence electrons. The Hall–Kier alpha value is -0.705. The second-order valence-corrected chi connectivity index (χ2v) is 6.85. The summed E-state index contributed by atoms with van der Waals surface area (Å²) in [6.07, 6.45) is 0.119. The number of hydrogen-bond acceptors (Lipinski definition) is 3. The van der Waals surface area contributed by atoms with E-state index in [0.29, 0.717) is 5.02 Å². The van der Waals surface area contributed by atoms with Crippen molar-refractivity contribution < 1.29 is 14.0 Å². The zero-order valence-electron chi connectivity index (χ0n) is 13.0. The Balaban J connectivity index is 2.23. The SMILES string of the molecule is CC(C)Oc1ccc(B2OC(C)(C)C(C)(C)O2)c(Cl)c1. The van der Waals surface area contributed by atoms with E-state index in [2.05, 4.69) is 0 Å². The van der Waals surface area contributed by atoms with Crippen LogP contribution >= 0.6 is 11.6 Å². The molecule has 1 heterocycles. The summed E-state index contributed by atoms with van der Waals surface area (Å²) in [7, 11) is -0.444. The third kappa shape index (κ3) is 2.97. The van der Waals surface area contributed by atoms with E-state index in [0.717, 1.165) is 11.2 Å². The monoisotopic (exact) mass is 296 g/mol. The van der Waals surface area contributed by atoms with Gasteiger partial charge in [0.05, 0.1) is 17.3 Å². The Kier molecular flexibility index (Phi) is 4.11. The normalized spacial score (nSPS) is 20.5. The summed E-state index contributed by atoms with van der Waals surface area (Å²) in [5.74, 6) is 0.755. The van der Waals surface area contributed by atoms with Gasteiger partial charge in [-0.25, -0.2) is 0 Å². The third-order valence-electron chi connectivity index (χ3n) is 3.85. The maximum atomic E-state index is 6.34. The molecule has 0 amide bonds. The van der Waals surface area contributed by atoms with Crippen molar-refractivity contribution in [3.05, 3.63) is 23.2 Å². The molecule has 1 aliphatic rings. The van der Waals surface area contributed by atoms with Gasteiger partial charge in [-0.1, -0.05) is 17.7 Å². The van der Waals surface area contributed by atoms with Crippen molar-refractivity contribution in [1.29, 1.82) is 0 Å². The first-order chi connectivity index (χ1) is 9.12. The highest BCUT2D eigenvalue weighted by atomic mass is 35.5. The van der Waals surface area contributed by atoms with E-state index in [4.69, 9.17) is 25.6 Å². The molecule has 0 radical (unpaired) electrons. The Morgan fingerprint density at radius 1 is 1.10 bits per heavy atom. The zero-order chi connectivity index (χ0) is 15.1. The lowest BCUT2D eigenvalue weighted by Gasteiger charge is -2.32. The Bertz CT molecular complexity index is 484. The van der Waals surface area contributed by atoms with Crippen molar-refractivity contribution in [2.24, 2.45) is 0 Å². The van der Waals surface area contributed by atoms with Gasteiger partial charge in [0.25, 0.3) is 0 Å². The number of rotatable bonds is 3. The van der Waals surface area contributed by atoms with Crippen LogP contribution < -0.4 is 10.2 Å². The van der Waals surface area contributed by atoms with Gasteiger partial charge in [-0.3, -0.25) is 0 Å². The van der Waals surface area contributed by atoms with Crippen molar-refractivity contribution in [3.63, 3.8) is 0 Å². The smallest absolute Gasteiger partial charge is 0.491 e. The zero-order valence-corrected chi connectivity index (χ0v) is 13.7. The molecule has 1 aromatic rings. The highest BCUT2D eigenvalue weighted by Gasteiger charge is 2.52. The molecule has 1 aromatic carbocycles. The molecule has 0 aliphatic carbocycles. The van der Waals surface area contributed by atoms with Crippen LogP contribution in [0.2, 0.25) is 5.02 Å². The summed E-state index contributed by atoms with van der Waals surface area (Å²) in [5, 5.41) is 0.599. The fourth-order valence-electron chi connectivity index (χ4n) is 2.01. The second kappa shape index (κ2) is 5.25. The minimum atomic E-state index is -0.444. The first-order valence-corrected chi connectivity index (χ1v) is 7.32. The molecular formula is C15H22BClO3. The number of halogens is 1. The highest BCUT2D eigenvalue weighted by Crippen LogP contribution is 2.37. The van der Waals surface area contributed by atoms with Gasteiger partial charge in [0.1, 0.15) is 5.75 Å². The predicted octanol–water partition coefficient (Wildman–Crippen LogP) is 3.43. The molecule has 1 aliphatic heterocycles. The van der Waals surface area contributed by atoms with Crippen molar-refractivity contribution in [1.82, 2.24) is 0 Å². The number of benzene rings is 1. The standard InChI is InChI=1S/C15H22BClO3/c1-10(2)18-11-7-8-12(13(17)9-11)16-19-14(3,4)15(5,6)20-16/h7-10H,1-6H3. The minimum Gasteiger partial charge on any atom is -0.491 e. The van der Waals surface area contributed by atoms with Crippen LogP contribution in [0, 0.1) is 0 Å². The molecule has 1 saturated heterocycles. The average molecular weight is 297 g/mol. The summed E-state index contributed by atoms with van der Waals surface area (Å²) in [6.45, 7) is 12.1. The molecule has 0 unspecified atom stereocenters. The summed E-state index contributed by atoms with van der Waals surface area (Å²) in [4.78, 5) is 0. The predicted molar refractivity (Wildman–Crippen MR) is 82.9 cm³/mol. The molecule has 0 atom stereocenters. The summed E-state index contributed by atoms with van der Waals surface area (Å²) in [6, 6.07) is 5.61. The van der Waals surface area contributed by atoms with Gasteiger partial charge in [0.2, 0.25) is 0 Å². The number of ether oxygens (including phenoxy) is 1. The molecule has 0 spiro atoms. The molecule has 0 aromatic heterocycles. The van der Waals surface area contributed by atoms with Gasteiger partial charge in [-0.15, -0.1) is 0 Å². The lowest BCUT2D eigenvalue weighted by Crippen LogP contribution is -2.41. The maximum absolute atomic E-state index is 6.34. The molecule has 0 N–H and O–H groups in total. The molecule has 3 nitrogen and oxygen atoms in total. The Morgan fingerprint density at radius 2 is 1.65 bits per heavy atom. The molecular weight excluding hydrogens is 274 g/mol. The van der Waals surface area contributed by atoms with E-state index in [1.165, 1.54) is 0 Å². The van der Waals surface area contributed by atoms with Crippen LogP contribution in [-0.4, -0.2) is 24.4 Å². The first kappa shape index (κ1) is 15.7. The number of hydrogen-bond donors (Lipinski definition) is 0. The fourth-order valence-corrected chi connectivity index (χ4v) is 2.27. The minimum absolute atomic E-state index is 0.119. The van der Waals surface area contributed by atoms with E-state index in [1.807, 2.05) is 59.7 Å². The van der Waals surface area contributed by atoms with Gasteiger partial charge in [-0.2, -0.15) is 0 Å². The lowest BCUT2D eigenvalue weighted by atomic mass is 9.79. The van der Waals surface area contributed by atoms with Gasteiger partial charge in [0.15, 0.2) is 0 Å². The second-order valence-electron chi connectivity index (χ2n) is 6.44. The van der Waals surface area contributed by atoms with E-state index in [-0.39, 0.29) is 17.3 Å². The molecule has 20 heavy (non-hydrogen) atoms. The topological polar surface area (TPSA) is 27.7 Å². The van der Waals surface area contributed by atoms with Crippen molar-refractivity contribution in [2.75, 3.05) is 0 Å². The van der Waals surface area contributed by atoms with Crippen LogP contribution in [0.15, 0.2) is 18.2 Å². The summed E-state index contributed by atoms with van der Waals surface area (Å²) < 4.78 is 17.6. The highest BCUT2D eigenvalue weighted by molar-refractivity contribution is 6.65. The van der Waals surface area contributed by atoms with E-state index >= 15 is 0 Å². The Morgan fingerprint density at radius 3 is 2.10 bits per heavy atom. The van der Waals surface area contributed by atoms with Crippen LogP contribution in [0.25, 0.3) is 0 Å². The van der Waals surface area contributed by atoms with E-state index in [1.54, 1.807) is 0 Å². The fraction of sp³-hybridized carbons (Fsp3) is 0.600. The molecule has 5 heteroatoms. The quantitative estimate of drug-likeness (QED) is 0.800. The third-order valence-corrected chi connectivity index (χ3v) is 4.18. The van der Waals surface area contributed by atoms with Crippen molar-refractivity contribution in [2.45, 2.75) is 58.8 Å². The van der Waals surface area contributed by atoms with Crippen molar-refractivity contribution in [3.8, 4) is 5.75 Å². The van der Waals surface area contributed by atoms with Crippen LogP contribution in [0.5, 0.6) is 5.75 Å². The summed E-state index contributed by atoms with van der Waals surface area (Å²) in [5.41, 5.74) is 0.101. The maximum Gasteiger partial charge on any atom is 0.496 e. The Labute approximate surface area is 126 Å². The average Bonchev–Trinajstić information content (AvgIpc) is 2.46. The van der Waals surface area contributed by atoms with Crippen LogP contribution in [0.3, 0.4) is 0 Å². The van der Waals surface area contributed by atoms with Crippen LogP contribution in [-0.2, 0) is 9.31 Å².